The number of aromatic hydroxyl groups is 1. The zero-order valence-electron chi connectivity index (χ0n) is 8.71. The standard InChI is InChI=1S/C11H11N3O2/c1-14-6-10(12-7-14)11(16)13-8-2-4-9(15)5-3-8/h2-7,15H,1H3,(H,13,16). The van der Waals surface area contributed by atoms with Crippen LogP contribution < -0.4 is 5.32 Å². The number of rotatable bonds is 2. The minimum atomic E-state index is -0.272. The van der Waals surface area contributed by atoms with Crippen LogP contribution in [0.1, 0.15) is 10.5 Å². The molecule has 0 atom stereocenters. The minimum absolute atomic E-state index is 0.163. The molecule has 0 aliphatic carbocycles. The first kappa shape index (κ1) is 10.2. The molecule has 2 rings (SSSR count). The summed E-state index contributed by atoms with van der Waals surface area (Å²) < 4.78 is 1.70. The summed E-state index contributed by atoms with van der Waals surface area (Å²) in [6, 6.07) is 6.26. The molecule has 0 spiro atoms. The summed E-state index contributed by atoms with van der Waals surface area (Å²) in [5.41, 5.74) is 0.976. The van der Waals surface area contributed by atoms with E-state index >= 15 is 0 Å². The first-order valence-electron chi connectivity index (χ1n) is 4.73. The third-order valence-corrected chi connectivity index (χ3v) is 2.06. The van der Waals surface area contributed by atoms with Crippen LogP contribution in [0.5, 0.6) is 5.75 Å². The van der Waals surface area contributed by atoms with Gasteiger partial charge in [0.15, 0.2) is 0 Å². The van der Waals surface area contributed by atoms with Gasteiger partial charge in [0.05, 0.1) is 6.33 Å². The number of amides is 1. The van der Waals surface area contributed by atoms with Gasteiger partial charge in [-0.2, -0.15) is 0 Å². The number of aromatic nitrogens is 2. The van der Waals surface area contributed by atoms with Gasteiger partial charge >= 0.3 is 0 Å². The summed E-state index contributed by atoms with van der Waals surface area (Å²) in [5.74, 6) is -0.109. The molecule has 0 saturated heterocycles. The van der Waals surface area contributed by atoms with Crippen molar-refractivity contribution in [3.8, 4) is 5.75 Å². The second-order valence-electron chi connectivity index (χ2n) is 3.43. The number of nitrogens with zero attached hydrogens (tertiary/aromatic N) is 2. The summed E-state index contributed by atoms with van der Waals surface area (Å²) in [4.78, 5) is 15.6. The lowest BCUT2D eigenvalue weighted by molar-refractivity contribution is 0.102. The lowest BCUT2D eigenvalue weighted by atomic mass is 10.3. The van der Waals surface area contributed by atoms with E-state index in [9.17, 15) is 4.79 Å². The van der Waals surface area contributed by atoms with Crippen molar-refractivity contribution in [3.63, 3.8) is 0 Å². The van der Waals surface area contributed by atoms with Crippen molar-refractivity contribution in [3.05, 3.63) is 42.5 Å². The molecule has 82 valence electrons. The van der Waals surface area contributed by atoms with Gasteiger partial charge in [0.25, 0.3) is 5.91 Å². The molecular formula is C11H11N3O2. The maximum absolute atomic E-state index is 11.7. The van der Waals surface area contributed by atoms with Crippen LogP contribution in [0.2, 0.25) is 0 Å². The summed E-state index contributed by atoms with van der Waals surface area (Å²) in [6.45, 7) is 0. The zero-order valence-corrected chi connectivity index (χ0v) is 8.71. The Balaban J connectivity index is 2.10. The van der Waals surface area contributed by atoms with Gasteiger partial charge in [0.1, 0.15) is 11.4 Å². The normalized spacial score (nSPS) is 10.1. The zero-order chi connectivity index (χ0) is 11.5. The Morgan fingerprint density at radius 1 is 1.38 bits per heavy atom. The summed E-state index contributed by atoms with van der Waals surface area (Å²) in [7, 11) is 1.80. The maximum atomic E-state index is 11.7. The number of imidazole rings is 1. The van der Waals surface area contributed by atoms with Crippen molar-refractivity contribution in [1.82, 2.24) is 9.55 Å². The van der Waals surface area contributed by atoms with E-state index < -0.39 is 0 Å². The van der Waals surface area contributed by atoms with E-state index in [2.05, 4.69) is 10.3 Å². The fourth-order valence-electron chi connectivity index (χ4n) is 1.27. The molecule has 5 nitrogen and oxygen atoms in total. The SMILES string of the molecule is Cn1cnc(C(=O)Nc2ccc(O)cc2)c1. The average Bonchev–Trinajstić information content (AvgIpc) is 2.68. The summed E-state index contributed by atoms with van der Waals surface area (Å²) >= 11 is 0. The second kappa shape index (κ2) is 4.06. The Morgan fingerprint density at radius 3 is 2.62 bits per heavy atom. The van der Waals surface area contributed by atoms with Gasteiger partial charge in [-0.1, -0.05) is 0 Å². The molecule has 2 N–H and O–H groups in total. The predicted molar refractivity (Wildman–Crippen MR) is 59.3 cm³/mol. The molecule has 0 bridgehead atoms. The van der Waals surface area contributed by atoms with Crippen molar-refractivity contribution in [2.24, 2.45) is 7.05 Å². The number of benzene rings is 1. The van der Waals surface area contributed by atoms with Gasteiger partial charge in [-0.15, -0.1) is 0 Å². The highest BCUT2D eigenvalue weighted by Gasteiger charge is 2.08. The molecule has 0 aliphatic heterocycles. The topological polar surface area (TPSA) is 67.2 Å². The molecule has 1 aromatic carbocycles. The summed E-state index contributed by atoms with van der Waals surface area (Å²) in [5, 5.41) is 11.8. The highest BCUT2D eigenvalue weighted by molar-refractivity contribution is 6.02. The van der Waals surface area contributed by atoms with E-state index in [0.717, 1.165) is 0 Å². The molecule has 1 aromatic heterocycles. The van der Waals surface area contributed by atoms with E-state index in [1.54, 1.807) is 36.3 Å². The number of hydrogen-bond acceptors (Lipinski definition) is 3. The molecule has 1 amide bonds. The third-order valence-electron chi connectivity index (χ3n) is 2.06. The molecule has 0 aliphatic rings. The Hall–Kier alpha value is -2.30. The lowest BCUT2D eigenvalue weighted by Crippen LogP contribution is -2.12. The molecule has 0 radical (unpaired) electrons. The molecule has 1 heterocycles. The molecular weight excluding hydrogens is 206 g/mol. The number of phenols is 1. The lowest BCUT2D eigenvalue weighted by Gasteiger charge is -2.02. The second-order valence-corrected chi connectivity index (χ2v) is 3.43. The maximum Gasteiger partial charge on any atom is 0.275 e. The Labute approximate surface area is 92.4 Å². The smallest absolute Gasteiger partial charge is 0.275 e. The van der Waals surface area contributed by atoms with Gasteiger partial charge in [-0.3, -0.25) is 4.79 Å². The van der Waals surface area contributed by atoms with Crippen LogP contribution in [0, 0.1) is 0 Å². The number of carbonyl (C=O) groups is 1. The number of hydrogen-bond donors (Lipinski definition) is 2. The van der Waals surface area contributed by atoms with Crippen LogP contribution in [-0.4, -0.2) is 20.6 Å². The van der Waals surface area contributed by atoms with E-state index in [1.165, 1.54) is 12.1 Å². The number of carbonyl (C=O) groups excluding carboxylic acids is 1. The van der Waals surface area contributed by atoms with Gasteiger partial charge in [0, 0.05) is 18.9 Å². The number of aryl methyl sites for hydroxylation is 1. The highest BCUT2D eigenvalue weighted by atomic mass is 16.3. The van der Waals surface area contributed by atoms with E-state index in [0.29, 0.717) is 11.4 Å². The monoisotopic (exact) mass is 217 g/mol. The van der Waals surface area contributed by atoms with Crippen LogP contribution in [0.3, 0.4) is 0 Å². The highest BCUT2D eigenvalue weighted by Crippen LogP contribution is 2.14. The first-order valence-corrected chi connectivity index (χ1v) is 4.73. The average molecular weight is 217 g/mol. The quantitative estimate of drug-likeness (QED) is 0.747. The van der Waals surface area contributed by atoms with Crippen molar-refractivity contribution in [2.75, 3.05) is 5.32 Å². The largest absolute Gasteiger partial charge is 0.508 e. The number of anilines is 1. The van der Waals surface area contributed by atoms with Crippen LogP contribution >= 0.6 is 0 Å². The van der Waals surface area contributed by atoms with Gasteiger partial charge in [-0.25, -0.2) is 4.98 Å². The van der Waals surface area contributed by atoms with E-state index in [4.69, 9.17) is 5.11 Å². The van der Waals surface area contributed by atoms with Crippen molar-refractivity contribution in [1.29, 1.82) is 0 Å². The van der Waals surface area contributed by atoms with E-state index in [-0.39, 0.29) is 11.7 Å². The molecule has 16 heavy (non-hydrogen) atoms. The van der Waals surface area contributed by atoms with E-state index in [1.807, 2.05) is 0 Å². The first-order chi connectivity index (χ1) is 7.65. The number of nitrogens with one attached hydrogen (secondary N) is 1. The van der Waals surface area contributed by atoms with Crippen LogP contribution in [-0.2, 0) is 7.05 Å². The molecule has 0 unspecified atom stereocenters. The predicted octanol–water partition coefficient (Wildman–Crippen LogP) is 1.38. The van der Waals surface area contributed by atoms with Crippen molar-refractivity contribution < 1.29 is 9.90 Å². The Morgan fingerprint density at radius 2 is 2.06 bits per heavy atom. The van der Waals surface area contributed by atoms with Crippen molar-refractivity contribution >= 4 is 11.6 Å². The molecule has 2 aromatic rings. The molecule has 0 fully saturated rings. The number of phenolic OH excluding ortho intramolecular Hbond substituents is 1. The van der Waals surface area contributed by atoms with Crippen molar-refractivity contribution in [2.45, 2.75) is 0 Å². The molecule has 5 heteroatoms. The van der Waals surface area contributed by atoms with Crippen LogP contribution in [0.4, 0.5) is 5.69 Å². The fraction of sp³-hybridized carbons (Fsp3) is 0.0909. The van der Waals surface area contributed by atoms with Gasteiger partial charge in [-0.05, 0) is 24.3 Å². The van der Waals surface area contributed by atoms with Crippen LogP contribution in [0.25, 0.3) is 0 Å². The van der Waals surface area contributed by atoms with Gasteiger partial charge < -0.3 is 15.0 Å². The van der Waals surface area contributed by atoms with Crippen LogP contribution in [0.15, 0.2) is 36.8 Å². The Bertz CT molecular complexity index is 502. The molecule has 0 saturated carbocycles. The summed E-state index contributed by atoms with van der Waals surface area (Å²) in [6.07, 6.45) is 3.20. The third kappa shape index (κ3) is 2.20. The fourth-order valence-corrected chi connectivity index (χ4v) is 1.27. The minimum Gasteiger partial charge on any atom is -0.508 e. The van der Waals surface area contributed by atoms with Gasteiger partial charge in [0.2, 0.25) is 0 Å². The Kier molecular flexibility index (Phi) is 2.59.